The largest absolute Gasteiger partial charge is 0.379 e. The number of halogens is 1. The molecule has 0 radical (unpaired) electrons. The van der Waals surface area contributed by atoms with Crippen molar-refractivity contribution in [3.05, 3.63) is 94.4 Å². The molecule has 1 fully saturated rings. The van der Waals surface area contributed by atoms with Crippen molar-refractivity contribution in [3.8, 4) is 11.3 Å². The van der Waals surface area contributed by atoms with Crippen LogP contribution in [-0.2, 0) is 31.3 Å². The van der Waals surface area contributed by atoms with E-state index in [-0.39, 0.29) is 15.6 Å². The minimum absolute atomic E-state index is 0.00933. The summed E-state index contributed by atoms with van der Waals surface area (Å²) >= 11 is 1.38. The van der Waals surface area contributed by atoms with Gasteiger partial charge in [-0.05, 0) is 59.7 Å². The predicted molar refractivity (Wildman–Crippen MR) is 146 cm³/mol. The van der Waals surface area contributed by atoms with E-state index in [1.807, 2.05) is 9.95 Å². The topological polar surface area (TPSA) is 124 Å². The first kappa shape index (κ1) is 27.4. The molecule has 9 nitrogen and oxygen atoms in total. The summed E-state index contributed by atoms with van der Waals surface area (Å²) in [6, 6.07) is 18.7. The van der Waals surface area contributed by atoms with E-state index in [4.69, 9.17) is 9.88 Å². The molecule has 0 saturated carbocycles. The van der Waals surface area contributed by atoms with Crippen LogP contribution in [0.15, 0.2) is 93.0 Å². The van der Waals surface area contributed by atoms with Crippen molar-refractivity contribution >= 4 is 37.1 Å². The zero-order chi connectivity index (χ0) is 27.6. The number of ether oxygens (including phenoxy) is 1. The number of nitrogens with zero attached hydrogens (tertiary/aromatic N) is 3. The lowest BCUT2D eigenvalue weighted by Crippen LogP contribution is -2.40. The average molecular weight is 589 g/mol. The van der Waals surface area contributed by atoms with Crippen LogP contribution in [-0.4, -0.2) is 52.0 Å². The van der Waals surface area contributed by atoms with E-state index in [9.17, 15) is 21.2 Å². The third-order valence-corrected chi connectivity index (χ3v) is 9.91. The SMILES string of the molecule is NS(=O)(=O)c1ccc(Cn2c(-c3ccc(S(=O)(=O)N4CCOCC4)cc3)csc2=Nc2ccc(F)cc2)cc1. The molecule has 1 aromatic heterocycles. The number of hydrogen-bond donors (Lipinski definition) is 1. The molecule has 0 amide bonds. The van der Waals surface area contributed by atoms with E-state index >= 15 is 0 Å². The third-order valence-electron chi connectivity index (χ3n) is 6.20. The first-order chi connectivity index (χ1) is 18.6. The lowest BCUT2D eigenvalue weighted by atomic mass is 10.1. The maximum atomic E-state index is 13.4. The number of rotatable bonds is 7. The van der Waals surface area contributed by atoms with E-state index in [1.165, 1.54) is 39.9 Å². The molecule has 1 aliphatic heterocycles. The second kappa shape index (κ2) is 11.1. The molecule has 0 unspecified atom stereocenters. The maximum Gasteiger partial charge on any atom is 0.243 e. The van der Waals surface area contributed by atoms with Crippen LogP contribution in [0.5, 0.6) is 0 Å². The Morgan fingerprint density at radius 1 is 0.872 bits per heavy atom. The summed E-state index contributed by atoms with van der Waals surface area (Å²) in [4.78, 5) is 5.51. The summed E-state index contributed by atoms with van der Waals surface area (Å²) in [6.45, 7) is 1.70. The van der Waals surface area contributed by atoms with Crippen LogP contribution in [0.4, 0.5) is 10.1 Å². The molecule has 2 N–H and O–H groups in total. The summed E-state index contributed by atoms with van der Waals surface area (Å²) in [5.74, 6) is -0.365. The lowest BCUT2D eigenvalue weighted by Gasteiger charge is -2.26. The molecule has 13 heteroatoms. The molecule has 5 rings (SSSR count). The van der Waals surface area contributed by atoms with Gasteiger partial charge in [0.05, 0.1) is 40.9 Å². The lowest BCUT2D eigenvalue weighted by molar-refractivity contribution is 0.0730. The van der Waals surface area contributed by atoms with Gasteiger partial charge in [-0.2, -0.15) is 4.31 Å². The van der Waals surface area contributed by atoms with Gasteiger partial charge in [0.1, 0.15) is 5.82 Å². The monoisotopic (exact) mass is 588 g/mol. The highest BCUT2D eigenvalue weighted by molar-refractivity contribution is 7.89. The second-order valence-corrected chi connectivity index (χ2v) is 13.1. The van der Waals surface area contributed by atoms with Gasteiger partial charge in [0, 0.05) is 18.5 Å². The first-order valence-corrected chi connectivity index (χ1v) is 15.8. The van der Waals surface area contributed by atoms with E-state index in [0.717, 1.165) is 16.8 Å². The zero-order valence-electron chi connectivity index (χ0n) is 20.6. The molecule has 1 aliphatic rings. The number of benzene rings is 3. The van der Waals surface area contributed by atoms with Crippen LogP contribution in [0, 0.1) is 5.82 Å². The Balaban J connectivity index is 1.53. The van der Waals surface area contributed by atoms with Gasteiger partial charge in [-0.3, -0.25) is 0 Å². The quantitative estimate of drug-likeness (QED) is 0.355. The van der Waals surface area contributed by atoms with E-state index in [1.54, 1.807) is 48.5 Å². The summed E-state index contributed by atoms with van der Waals surface area (Å²) in [5, 5.41) is 7.14. The van der Waals surface area contributed by atoms with Crippen molar-refractivity contribution in [2.24, 2.45) is 10.1 Å². The number of sulfonamides is 2. The summed E-state index contributed by atoms with van der Waals surface area (Å²) in [5.41, 5.74) is 2.92. The molecular weight excluding hydrogens is 564 g/mol. The van der Waals surface area contributed by atoms with Crippen molar-refractivity contribution in [2.75, 3.05) is 26.3 Å². The Morgan fingerprint density at radius 2 is 1.49 bits per heavy atom. The fraction of sp³-hybridized carbons (Fsp3) is 0.192. The maximum absolute atomic E-state index is 13.4. The molecule has 4 aromatic rings. The fourth-order valence-corrected chi connectivity index (χ4v) is 6.98. The summed E-state index contributed by atoms with van der Waals surface area (Å²) in [6.07, 6.45) is 0. The van der Waals surface area contributed by atoms with E-state index < -0.39 is 20.0 Å². The van der Waals surface area contributed by atoms with Gasteiger partial charge < -0.3 is 9.30 Å². The normalized spacial score (nSPS) is 15.5. The van der Waals surface area contributed by atoms with Crippen LogP contribution in [0.3, 0.4) is 0 Å². The van der Waals surface area contributed by atoms with Crippen LogP contribution in [0.2, 0.25) is 0 Å². The Kier molecular flexibility index (Phi) is 7.80. The molecule has 2 heterocycles. The highest BCUT2D eigenvalue weighted by Gasteiger charge is 2.26. The summed E-state index contributed by atoms with van der Waals surface area (Å²) < 4.78 is 71.5. The second-order valence-electron chi connectivity index (χ2n) is 8.81. The van der Waals surface area contributed by atoms with Crippen molar-refractivity contribution in [1.82, 2.24) is 8.87 Å². The molecule has 0 aliphatic carbocycles. The number of primary sulfonamides is 1. The highest BCUT2D eigenvalue weighted by atomic mass is 32.2. The van der Waals surface area contributed by atoms with Crippen molar-refractivity contribution in [3.63, 3.8) is 0 Å². The average Bonchev–Trinajstić information content (AvgIpc) is 3.32. The fourth-order valence-electron chi connectivity index (χ4n) is 4.13. The van der Waals surface area contributed by atoms with Gasteiger partial charge in [-0.15, -0.1) is 11.3 Å². The molecule has 39 heavy (non-hydrogen) atoms. The van der Waals surface area contributed by atoms with E-state index in [0.29, 0.717) is 43.3 Å². The molecule has 1 saturated heterocycles. The van der Waals surface area contributed by atoms with Crippen molar-refractivity contribution in [1.29, 1.82) is 0 Å². The Hall–Kier alpha value is -3.20. The molecular formula is C26H25FN4O5S3. The summed E-state index contributed by atoms with van der Waals surface area (Å²) in [7, 11) is -7.46. The number of thiazole rings is 1. The minimum atomic E-state index is -3.82. The van der Waals surface area contributed by atoms with Gasteiger partial charge in [0.15, 0.2) is 4.80 Å². The highest BCUT2D eigenvalue weighted by Crippen LogP contribution is 2.25. The molecule has 3 aromatic carbocycles. The predicted octanol–water partition coefficient (Wildman–Crippen LogP) is 3.30. The number of nitrogens with two attached hydrogens (primary N) is 1. The van der Waals surface area contributed by atoms with Crippen LogP contribution < -0.4 is 9.94 Å². The number of hydrogen-bond acceptors (Lipinski definition) is 7. The van der Waals surface area contributed by atoms with Crippen molar-refractivity contribution in [2.45, 2.75) is 16.3 Å². The minimum Gasteiger partial charge on any atom is -0.379 e. The smallest absolute Gasteiger partial charge is 0.243 e. The molecule has 0 bridgehead atoms. The van der Waals surface area contributed by atoms with E-state index in [2.05, 4.69) is 4.99 Å². The standard InChI is InChI=1S/C26H25FN4O5S3/c27-21-5-7-22(8-6-21)29-26-31(17-19-1-9-23(10-2-19)38(28,32)33)25(18-37-26)20-3-11-24(12-4-20)39(34,35)30-13-15-36-16-14-30/h1-12,18H,13-17H2,(H2,28,32,33). The molecule has 0 atom stereocenters. The first-order valence-electron chi connectivity index (χ1n) is 11.9. The Bertz CT molecular complexity index is 1740. The third kappa shape index (κ3) is 6.19. The van der Waals surface area contributed by atoms with Gasteiger partial charge in [0.2, 0.25) is 20.0 Å². The van der Waals surface area contributed by atoms with Gasteiger partial charge in [0.25, 0.3) is 0 Å². The van der Waals surface area contributed by atoms with Gasteiger partial charge >= 0.3 is 0 Å². The van der Waals surface area contributed by atoms with Crippen LogP contribution in [0.25, 0.3) is 11.3 Å². The Morgan fingerprint density at radius 3 is 2.10 bits per heavy atom. The van der Waals surface area contributed by atoms with Crippen LogP contribution >= 0.6 is 11.3 Å². The molecule has 0 spiro atoms. The molecule has 204 valence electrons. The van der Waals surface area contributed by atoms with Crippen molar-refractivity contribution < 1.29 is 26.0 Å². The number of morpholine rings is 1. The van der Waals surface area contributed by atoms with Gasteiger partial charge in [-0.25, -0.2) is 31.4 Å². The van der Waals surface area contributed by atoms with Crippen LogP contribution in [0.1, 0.15) is 5.56 Å². The van der Waals surface area contributed by atoms with Gasteiger partial charge in [-0.1, -0.05) is 24.3 Å². The Labute approximate surface area is 229 Å². The number of aromatic nitrogens is 1. The zero-order valence-corrected chi connectivity index (χ0v) is 23.1.